The van der Waals surface area contributed by atoms with Gasteiger partial charge in [-0.05, 0) is 61.5 Å². The van der Waals surface area contributed by atoms with Gasteiger partial charge >= 0.3 is 0 Å². The van der Waals surface area contributed by atoms with Gasteiger partial charge in [0.2, 0.25) is 17.6 Å². The van der Waals surface area contributed by atoms with E-state index in [2.05, 4.69) is 49.3 Å². The van der Waals surface area contributed by atoms with Crippen molar-refractivity contribution in [1.82, 2.24) is 15.0 Å². The lowest BCUT2D eigenvalue weighted by Crippen LogP contribution is -2.40. The molecule has 162 valence electrons. The van der Waals surface area contributed by atoms with Gasteiger partial charge < -0.3 is 9.84 Å². The molecule has 6 nitrogen and oxygen atoms in total. The van der Waals surface area contributed by atoms with Gasteiger partial charge in [-0.15, -0.1) is 11.8 Å². The fourth-order valence-corrected chi connectivity index (χ4v) is 4.75. The van der Waals surface area contributed by atoms with E-state index in [0.29, 0.717) is 24.8 Å². The number of nitrogens with zero attached hydrogens (tertiary/aromatic N) is 3. The first-order valence-electron chi connectivity index (χ1n) is 10.5. The molecule has 0 spiro atoms. The van der Waals surface area contributed by atoms with Crippen LogP contribution in [0.25, 0.3) is 11.4 Å². The molecule has 2 heterocycles. The van der Waals surface area contributed by atoms with E-state index < -0.39 is 0 Å². The number of benzene rings is 2. The summed E-state index contributed by atoms with van der Waals surface area (Å²) in [5.41, 5.74) is 1.81. The van der Waals surface area contributed by atoms with Crippen LogP contribution >= 0.6 is 27.7 Å². The molecule has 0 radical (unpaired) electrons. The molecule has 1 atom stereocenters. The number of thioether (sulfide) groups is 1. The topological polar surface area (TPSA) is 71.3 Å². The molecule has 1 aliphatic heterocycles. The molecule has 3 aromatic rings. The number of hydrogen-bond acceptors (Lipinski definition) is 6. The van der Waals surface area contributed by atoms with Gasteiger partial charge in [-0.2, -0.15) is 4.98 Å². The molecule has 1 aromatic heterocycles. The van der Waals surface area contributed by atoms with E-state index in [9.17, 15) is 4.79 Å². The minimum atomic E-state index is -0.0534. The van der Waals surface area contributed by atoms with Crippen LogP contribution in [-0.2, 0) is 11.3 Å². The van der Waals surface area contributed by atoms with Crippen molar-refractivity contribution in [2.45, 2.75) is 31.2 Å². The molecule has 0 saturated carbocycles. The van der Waals surface area contributed by atoms with Gasteiger partial charge in [-0.25, -0.2) is 0 Å². The number of carbonyl (C=O) groups excluding carboxylic acids is 1. The third kappa shape index (κ3) is 5.75. The van der Waals surface area contributed by atoms with Crippen LogP contribution in [0.4, 0.5) is 5.69 Å². The quantitative estimate of drug-likeness (QED) is 0.434. The molecule has 2 aromatic carbocycles. The number of aromatic nitrogens is 2. The van der Waals surface area contributed by atoms with Crippen molar-refractivity contribution in [3.63, 3.8) is 0 Å². The lowest BCUT2D eigenvalue weighted by Gasteiger charge is -2.31. The fraction of sp³-hybridized carbons (Fsp3) is 0.348. The maximum absolute atomic E-state index is 12.9. The van der Waals surface area contributed by atoms with E-state index in [0.717, 1.165) is 45.8 Å². The molecule has 0 aliphatic carbocycles. The number of halogens is 1. The lowest BCUT2D eigenvalue weighted by molar-refractivity contribution is -0.121. The average Bonchev–Trinajstić information content (AvgIpc) is 3.24. The summed E-state index contributed by atoms with van der Waals surface area (Å²) in [7, 11) is 0. The number of para-hydroxylation sites is 1. The van der Waals surface area contributed by atoms with E-state index in [1.54, 1.807) is 11.8 Å². The van der Waals surface area contributed by atoms with Gasteiger partial charge in [0.05, 0.1) is 18.2 Å². The van der Waals surface area contributed by atoms with E-state index in [1.165, 1.54) is 0 Å². The van der Waals surface area contributed by atoms with Crippen molar-refractivity contribution in [2.75, 3.05) is 24.2 Å². The zero-order chi connectivity index (χ0) is 21.6. The SMILES string of the molecule is CCSc1ccccc1NC(=O)C1CCCN(Cc2nc(-c3ccc(Br)cc3)no2)C1. The Balaban J connectivity index is 1.37. The van der Waals surface area contributed by atoms with Crippen LogP contribution in [0, 0.1) is 5.92 Å². The molecule has 1 aliphatic rings. The first-order valence-corrected chi connectivity index (χ1v) is 12.2. The second-order valence-corrected chi connectivity index (χ2v) is 9.73. The van der Waals surface area contributed by atoms with Crippen LogP contribution in [-0.4, -0.2) is 39.8 Å². The summed E-state index contributed by atoms with van der Waals surface area (Å²) in [5.74, 6) is 2.15. The molecular weight excluding hydrogens is 476 g/mol. The monoisotopic (exact) mass is 500 g/mol. The van der Waals surface area contributed by atoms with Crippen molar-refractivity contribution in [1.29, 1.82) is 0 Å². The van der Waals surface area contributed by atoms with Crippen LogP contribution in [0.5, 0.6) is 0 Å². The highest BCUT2D eigenvalue weighted by Gasteiger charge is 2.27. The predicted molar refractivity (Wildman–Crippen MR) is 127 cm³/mol. The summed E-state index contributed by atoms with van der Waals surface area (Å²) >= 11 is 5.17. The van der Waals surface area contributed by atoms with Gasteiger partial charge in [0.1, 0.15) is 0 Å². The Morgan fingerprint density at radius 2 is 2.06 bits per heavy atom. The minimum absolute atomic E-state index is 0.0534. The number of likely N-dealkylation sites (tertiary alicyclic amines) is 1. The van der Waals surface area contributed by atoms with Crippen molar-refractivity contribution in [3.8, 4) is 11.4 Å². The molecule has 1 N–H and O–H groups in total. The summed E-state index contributed by atoms with van der Waals surface area (Å²) in [6.45, 7) is 4.27. The van der Waals surface area contributed by atoms with Crippen LogP contribution < -0.4 is 5.32 Å². The Morgan fingerprint density at radius 1 is 1.26 bits per heavy atom. The van der Waals surface area contributed by atoms with Gasteiger partial charge in [-0.1, -0.05) is 40.1 Å². The predicted octanol–water partition coefficient (Wildman–Crippen LogP) is 5.46. The highest BCUT2D eigenvalue weighted by molar-refractivity contribution is 9.10. The Labute approximate surface area is 194 Å². The molecule has 8 heteroatoms. The molecule has 1 amide bonds. The zero-order valence-corrected chi connectivity index (χ0v) is 19.8. The van der Waals surface area contributed by atoms with E-state index in [-0.39, 0.29) is 11.8 Å². The highest BCUT2D eigenvalue weighted by Crippen LogP contribution is 2.28. The van der Waals surface area contributed by atoms with Crippen LogP contribution in [0.2, 0.25) is 0 Å². The number of amides is 1. The van der Waals surface area contributed by atoms with E-state index in [4.69, 9.17) is 4.52 Å². The van der Waals surface area contributed by atoms with Crippen molar-refractivity contribution in [2.24, 2.45) is 5.92 Å². The van der Waals surface area contributed by atoms with Crippen LogP contribution in [0.3, 0.4) is 0 Å². The Kier molecular flexibility index (Phi) is 7.42. The number of anilines is 1. The maximum Gasteiger partial charge on any atom is 0.241 e. The summed E-state index contributed by atoms with van der Waals surface area (Å²) in [6.07, 6.45) is 1.86. The minimum Gasteiger partial charge on any atom is -0.338 e. The van der Waals surface area contributed by atoms with Crippen molar-refractivity contribution >= 4 is 39.3 Å². The normalized spacial score (nSPS) is 16.9. The molecule has 1 unspecified atom stereocenters. The largest absolute Gasteiger partial charge is 0.338 e. The summed E-state index contributed by atoms with van der Waals surface area (Å²) in [5, 5.41) is 7.25. The maximum atomic E-state index is 12.9. The van der Waals surface area contributed by atoms with Crippen molar-refractivity contribution in [3.05, 3.63) is 58.9 Å². The standard InChI is InChI=1S/C23H25BrN4O2S/c1-2-31-20-8-4-3-7-19(20)25-23(29)17-6-5-13-28(14-17)15-21-26-22(27-30-21)16-9-11-18(24)12-10-16/h3-4,7-12,17H,2,5-6,13-15H2,1H3,(H,25,29). The molecule has 4 rings (SSSR count). The summed E-state index contributed by atoms with van der Waals surface area (Å²) < 4.78 is 6.48. The van der Waals surface area contributed by atoms with Crippen LogP contribution in [0.1, 0.15) is 25.7 Å². The number of rotatable bonds is 7. The second-order valence-electron chi connectivity index (χ2n) is 7.51. The zero-order valence-electron chi connectivity index (χ0n) is 17.4. The molecule has 0 bridgehead atoms. The first-order chi connectivity index (χ1) is 15.1. The highest BCUT2D eigenvalue weighted by atomic mass is 79.9. The third-order valence-electron chi connectivity index (χ3n) is 5.25. The third-order valence-corrected chi connectivity index (χ3v) is 6.73. The van der Waals surface area contributed by atoms with E-state index in [1.807, 2.05) is 42.5 Å². The van der Waals surface area contributed by atoms with Gasteiger partial charge in [0, 0.05) is 21.5 Å². The van der Waals surface area contributed by atoms with Crippen LogP contribution in [0.15, 0.2) is 62.4 Å². The molecule has 1 fully saturated rings. The number of nitrogens with one attached hydrogen (secondary N) is 1. The number of hydrogen-bond donors (Lipinski definition) is 1. The van der Waals surface area contributed by atoms with Crippen molar-refractivity contribution < 1.29 is 9.32 Å². The molecular formula is C23H25BrN4O2S. The van der Waals surface area contributed by atoms with Gasteiger partial charge in [-0.3, -0.25) is 9.69 Å². The Bertz CT molecular complexity index is 1020. The smallest absolute Gasteiger partial charge is 0.241 e. The lowest BCUT2D eigenvalue weighted by atomic mass is 9.97. The summed E-state index contributed by atoms with van der Waals surface area (Å²) in [4.78, 5) is 20.8. The molecule has 31 heavy (non-hydrogen) atoms. The number of piperidine rings is 1. The van der Waals surface area contributed by atoms with Gasteiger partial charge in [0.15, 0.2) is 0 Å². The summed E-state index contributed by atoms with van der Waals surface area (Å²) in [6, 6.07) is 15.8. The Hall–Kier alpha value is -2.16. The molecule has 1 saturated heterocycles. The fourth-order valence-electron chi connectivity index (χ4n) is 3.73. The first kappa shape index (κ1) is 22.0. The average molecular weight is 501 g/mol. The number of carbonyl (C=O) groups is 1. The Morgan fingerprint density at radius 3 is 2.87 bits per heavy atom. The van der Waals surface area contributed by atoms with E-state index >= 15 is 0 Å². The second kappa shape index (κ2) is 10.4. The van der Waals surface area contributed by atoms with Gasteiger partial charge in [0.25, 0.3) is 0 Å².